The molecule has 1 aliphatic rings. The second-order valence-corrected chi connectivity index (χ2v) is 5.21. The summed E-state index contributed by atoms with van der Waals surface area (Å²) in [6.07, 6.45) is 3.01. The summed E-state index contributed by atoms with van der Waals surface area (Å²) in [5.41, 5.74) is 0.238. The highest BCUT2D eigenvalue weighted by Crippen LogP contribution is 2.39. The number of methoxy groups -OCH3 is 1. The van der Waals surface area contributed by atoms with Gasteiger partial charge in [0, 0.05) is 7.11 Å². The number of aliphatic hydroxyl groups is 1. The van der Waals surface area contributed by atoms with Crippen molar-refractivity contribution < 1.29 is 9.84 Å². The van der Waals surface area contributed by atoms with Crippen LogP contribution in [0.25, 0.3) is 0 Å². The first-order valence-corrected chi connectivity index (χ1v) is 5.16. The lowest BCUT2D eigenvalue weighted by Crippen LogP contribution is -2.40. The molecule has 78 valence electrons. The third-order valence-electron chi connectivity index (χ3n) is 3.17. The minimum absolute atomic E-state index is 0.115. The van der Waals surface area contributed by atoms with Gasteiger partial charge in [-0.1, -0.05) is 20.8 Å². The fraction of sp³-hybridized carbons (Fsp3) is 1.00. The molecule has 0 aromatic heterocycles. The number of ether oxygens (including phenoxy) is 1. The minimum Gasteiger partial charge on any atom is -0.393 e. The summed E-state index contributed by atoms with van der Waals surface area (Å²) in [5, 5.41) is 9.60. The third kappa shape index (κ3) is 2.68. The molecule has 0 aliphatic heterocycles. The number of aliphatic hydroxyl groups excluding tert-OH is 1. The fourth-order valence-electron chi connectivity index (χ4n) is 2.31. The van der Waals surface area contributed by atoms with Crippen LogP contribution in [-0.2, 0) is 4.74 Å². The summed E-state index contributed by atoms with van der Waals surface area (Å²) in [7, 11) is 1.78. The Bertz CT molecular complexity index is 160. The van der Waals surface area contributed by atoms with Crippen LogP contribution in [0.5, 0.6) is 0 Å². The maximum absolute atomic E-state index is 9.60. The average Bonchev–Trinajstić information content (AvgIpc) is 2.03. The second-order valence-electron chi connectivity index (χ2n) is 5.21. The van der Waals surface area contributed by atoms with Crippen molar-refractivity contribution in [3.8, 4) is 0 Å². The zero-order valence-electron chi connectivity index (χ0n) is 9.21. The molecule has 0 radical (unpaired) electrons. The van der Waals surface area contributed by atoms with Gasteiger partial charge in [0.1, 0.15) is 0 Å². The van der Waals surface area contributed by atoms with Crippen LogP contribution >= 0.6 is 0 Å². The molecule has 13 heavy (non-hydrogen) atoms. The predicted octanol–water partition coefficient (Wildman–Crippen LogP) is 2.21. The van der Waals surface area contributed by atoms with Crippen molar-refractivity contribution in [3.05, 3.63) is 0 Å². The van der Waals surface area contributed by atoms with E-state index in [2.05, 4.69) is 20.8 Å². The van der Waals surface area contributed by atoms with E-state index in [1.807, 2.05) is 0 Å². The Morgan fingerprint density at radius 2 is 1.85 bits per heavy atom. The normalized spacial score (nSPS) is 36.2. The summed E-state index contributed by atoms with van der Waals surface area (Å²) < 4.78 is 5.47. The quantitative estimate of drug-likeness (QED) is 0.680. The van der Waals surface area contributed by atoms with Gasteiger partial charge in [0.15, 0.2) is 0 Å². The molecule has 0 amide bonds. The first-order valence-electron chi connectivity index (χ1n) is 5.16. The molecule has 2 heteroatoms. The zero-order valence-corrected chi connectivity index (χ0v) is 9.21. The molecule has 0 aromatic carbocycles. The Morgan fingerprint density at radius 1 is 1.23 bits per heavy atom. The summed E-state index contributed by atoms with van der Waals surface area (Å²) in [5.74, 6) is 0.487. The van der Waals surface area contributed by atoms with E-state index < -0.39 is 0 Å². The molecule has 1 N–H and O–H groups in total. The Balaban J connectivity index is 2.65. The van der Waals surface area contributed by atoms with Crippen molar-refractivity contribution in [2.45, 2.75) is 52.2 Å². The standard InChI is InChI=1S/C11H22O2/c1-11(2,3)9-7-8(12)5-6-10(9)13-4/h8-10,12H,5-7H2,1-4H3/t8-,9+,10+/m0/s1. The lowest BCUT2D eigenvalue weighted by atomic mass is 9.70. The highest BCUT2D eigenvalue weighted by molar-refractivity contribution is 4.87. The Kier molecular flexibility index (Phi) is 3.36. The minimum atomic E-state index is -0.115. The second kappa shape index (κ2) is 3.97. The van der Waals surface area contributed by atoms with Crippen molar-refractivity contribution in [1.82, 2.24) is 0 Å². The Hall–Kier alpha value is -0.0800. The van der Waals surface area contributed by atoms with Crippen molar-refractivity contribution in [2.24, 2.45) is 11.3 Å². The van der Waals surface area contributed by atoms with Gasteiger partial charge in [0.05, 0.1) is 12.2 Å². The molecular formula is C11H22O2. The number of hydrogen-bond acceptors (Lipinski definition) is 2. The average molecular weight is 186 g/mol. The van der Waals surface area contributed by atoms with Gasteiger partial charge in [0.2, 0.25) is 0 Å². The Morgan fingerprint density at radius 3 is 2.31 bits per heavy atom. The van der Waals surface area contributed by atoms with Crippen LogP contribution in [0.4, 0.5) is 0 Å². The predicted molar refractivity (Wildman–Crippen MR) is 53.6 cm³/mol. The molecule has 0 aromatic rings. The van der Waals surface area contributed by atoms with E-state index in [0.29, 0.717) is 12.0 Å². The molecule has 0 unspecified atom stereocenters. The third-order valence-corrected chi connectivity index (χ3v) is 3.17. The van der Waals surface area contributed by atoms with Gasteiger partial charge in [-0.3, -0.25) is 0 Å². The zero-order chi connectivity index (χ0) is 10.1. The first-order chi connectivity index (χ1) is 5.95. The van der Waals surface area contributed by atoms with Crippen LogP contribution in [0.2, 0.25) is 0 Å². The summed E-state index contributed by atoms with van der Waals surface area (Å²) in [4.78, 5) is 0. The van der Waals surface area contributed by atoms with Crippen LogP contribution in [0.3, 0.4) is 0 Å². The van der Waals surface area contributed by atoms with E-state index in [1.165, 1.54) is 0 Å². The number of hydrogen-bond donors (Lipinski definition) is 1. The van der Waals surface area contributed by atoms with Crippen LogP contribution in [-0.4, -0.2) is 24.4 Å². The summed E-state index contributed by atoms with van der Waals surface area (Å²) >= 11 is 0. The molecule has 1 aliphatic carbocycles. The maximum Gasteiger partial charge on any atom is 0.0606 e. The molecule has 1 saturated carbocycles. The van der Waals surface area contributed by atoms with Gasteiger partial charge in [-0.05, 0) is 30.6 Å². The molecule has 2 nitrogen and oxygen atoms in total. The number of rotatable bonds is 1. The molecule has 1 rings (SSSR count). The SMILES string of the molecule is CO[C@@H]1CC[C@H](O)C[C@H]1C(C)(C)C. The van der Waals surface area contributed by atoms with Crippen LogP contribution in [0.1, 0.15) is 40.0 Å². The summed E-state index contributed by atoms with van der Waals surface area (Å²) in [6.45, 7) is 6.67. The molecule has 3 atom stereocenters. The monoisotopic (exact) mass is 186 g/mol. The van der Waals surface area contributed by atoms with Gasteiger partial charge in [-0.15, -0.1) is 0 Å². The summed E-state index contributed by atoms with van der Waals surface area (Å²) in [6, 6.07) is 0. The van der Waals surface area contributed by atoms with E-state index >= 15 is 0 Å². The van der Waals surface area contributed by atoms with E-state index in [9.17, 15) is 5.11 Å². The van der Waals surface area contributed by atoms with Crippen molar-refractivity contribution in [2.75, 3.05) is 7.11 Å². The van der Waals surface area contributed by atoms with Crippen LogP contribution in [0.15, 0.2) is 0 Å². The highest BCUT2D eigenvalue weighted by atomic mass is 16.5. The largest absolute Gasteiger partial charge is 0.393 e. The van der Waals surface area contributed by atoms with Gasteiger partial charge in [0.25, 0.3) is 0 Å². The molecule has 0 heterocycles. The molecule has 0 spiro atoms. The highest BCUT2D eigenvalue weighted by Gasteiger charge is 2.37. The maximum atomic E-state index is 9.60. The van der Waals surface area contributed by atoms with E-state index in [-0.39, 0.29) is 11.5 Å². The fourth-order valence-corrected chi connectivity index (χ4v) is 2.31. The molecule has 0 saturated heterocycles. The first kappa shape index (κ1) is 11.0. The van der Waals surface area contributed by atoms with Crippen molar-refractivity contribution in [1.29, 1.82) is 0 Å². The topological polar surface area (TPSA) is 29.5 Å². The Labute approximate surface area is 81.3 Å². The van der Waals surface area contributed by atoms with Gasteiger partial charge in [-0.25, -0.2) is 0 Å². The van der Waals surface area contributed by atoms with Crippen LogP contribution in [0, 0.1) is 11.3 Å². The van der Waals surface area contributed by atoms with Crippen molar-refractivity contribution >= 4 is 0 Å². The van der Waals surface area contributed by atoms with Gasteiger partial charge < -0.3 is 9.84 Å². The van der Waals surface area contributed by atoms with E-state index in [0.717, 1.165) is 19.3 Å². The smallest absolute Gasteiger partial charge is 0.0606 e. The molecule has 0 bridgehead atoms. The lowest BCUT2D eigenvalue weighted by molar-refractivity contribution is -0.0581. The van der Waals surface area contributed by atoms with E-state index in [1.54, 1.807) is 7.11 Å². The van der Waals surface area contributed by atoms with Crippen LogP contribution < -0.4 is 0 Å². The van der Waals surface area contributed by atoms with Gasteiger partial charge >= 0.3 is 0 Å². The molecule has 1 fully saturated rings. The lowest BCUT2D eigenvalue weighted by Gasteiger charge is -2.41. The van der Waals surface area contributed by atoms with Gasteiger partial charge in [-0.2, -0.15) is 0 Å². The van der Waals surface area contributed by atoms with Crippen molar-refractivity contribution in [3.63, 3.8) is 0 Å². The molecular weight excluding hydrogens is 164 g/mol. The van der Waals surface area contributed by atoms with E-state index in [4.69, 9.17) is 4.74 Å².